The van der Waals surface area contributed by atoms with E-state index in [-0.39, 0.29) is 5.43 Å². The van der Waals surface area contributed by atoms with E-state index in [2.05, 4.69) is 42.6 Å². The number of aromatic amines is 2. The van der Waals surface area contributed by atoms with E-state index in [9.17, 15) is 4.79 Å². The molecule has 2 aromatic rings. The molecule has 2 N–H and O–H groups in total. The van der Waals surface area contributed by atoms with Crippen molar-refractivity contribution < 1.29 is 0 Å². The van der Waals surface area contributed by atoms with Gasteiger partial charge in [-0.25, -0.2) is 0 Å². The zero-order valence-corrected chi connectivity index (χ0v) is 12.2. The number of fused-ring (bicyclic) bond motifs is 1. The van der Waals surface area contributed by atoms with Crippen LogP contribution < -0.4 is 5.43 Å². The maximum absolute atomic E-state index is 11.9. The lowest BCUT2D eigenvalue weighted by molar-refractivity contribution is 0.177. The molecule has 0 aliphatic heterocycles. The molecule has 2 heterocycles. The summed E-state index contributed by atoms with van der Waals surface area (Å²) in [6, 6.07) is 2.62. The maximum atomic E-state index is 11.9. The number of aromatic nitrogens is 2. The summed E-state index contributed by atoms with van der Waals surface area (Å²) in [4.78, 5) is 20.6. The molecular weight excluding hydrogens is 238 g/mol. The first-order valence-electron chi connectivity index (χ1n) is 6.94. The highest BCUT2D eigenvalue weighted by Crippen LogP contribution is 2.14. The second-order valence-corrected chi connectivity index (χ2v) is 5.58. The van der Waals surface area contributed by atoms with Crippen LogP contribution in [0.5, 0.6) is 0 Å². The van der Waals surface area contributed by atoms with Crippen molar-refractivity contribution in [1.29, 1.82) is 0 Å². The smallest absolute Gasteiger partial charge is 0.191 e. The molecule has 0 saturated carbocycles. The van der Waals surface area contributed by atoms with Crippen molar-refractivity contribution in [3.05, 3.63) is 34.2 Å². The molecular formula is C15H23N3O. The fourth-order valence-corrected chi connectivity index (χ4v) is 2.70. The second-order valence-electron chi connectivity index (χ2n) is 5.58. The Labute approximate surface area is 113 Å². The summed E-state index contributed by atoms with van der Waals surface area (Å²) in [5.74, 6) is 0. The molecule has 0 aliphatic rings. The van der Waals surface area contributed by atoms with Crippen molar-refractivity contribution in [2.45, 2.75) is 46.2 Å². The Kier molecular flexibility index (Phi) is 4.10. The zero-order valence-electron chi connectivity index (χ0n) is 12.2. The topological polar surface area (TPSA) is 51.9 Å². The van der Waals surface area contributed by atoms with Crippen LogP contribution in [0.1, 0.15) is 33.3 Å². The Hall–Kier alpha value is -1.55. The van der Waals surface area contributed by atoms with Crippen LogP contribution in [0.4, 0.5) is 0 Å². The van der Waals surface area contributed by atoms with Gasteiger partial charge in [-0.3, -0.25) is 9.69 Å². The van der Waals surface area contributed by atoms with Gasteiger partial charge in [0.2, 0.25) is 0 Å². The van der Waals surface area contributed by atoms with Gasteiger partial charge in [0.05, 0.1) is 5.39 Å². The number of hydrogen-bond acceptors (Lipinski definition) is 2. The Morgan fingerprint density at radius 2 is 1.84 bits per heavy atom. The van der Waals surface area contributed by atoms with E-state index in [1.807, 2.05) is 6.20 Å². The largest absolute Gasteiger partial charge is 0.347 e. The van der Waals surface area contributed by atoms with Crippen molar-refractivity contribution in [3.8, 4) is 0 Å². The minimum Gasteiger partial charge on any atom is -0.347 e. The predicted molar refractivity (Wildman–Crippen MR) is 79.6 cm³/mol. The van der Waals surface area contributed by atoms with Crippen LogP contribution in [0, 0.1) is 0 Å². The van der Waals surface area contributed by atoms with Gasteiger partial charge >= 0.3 is 0 Å². The quantitative estimate of drug-likeness (QED) is 0.869. The van der Waals surface area contributed by atoms with Crippen molar-refractivity contribution in [2.75, 3.05) is 6.54 Å². The Balaban J connectivity index is 2.20. The van der Waals surface area contributed by atoms with Crippen molar-refractivity contribution in [1.82, 2.24) is 14.9 Å². The van der Waals surface area contributed by atoms with E-state index in [0.717, 1.165) is 29.6 Å². The lowest BCUT2D eigenvalue weighted by atomic mass is 10.1. The highest BCUT2D eigenvalue weighted by atomic mass is 16.1. The molecule has 0 amide bonds. The van der Waals surface area contributed by atoms with E-state index in [0.29, 0.717) is 12.1 Å². The first kappa shape index (κ1) is 13.9. The fourth-order valence-electron chi connectivity index (χ4n) is 2.70. The normalized spacial score (nSPS) is 12.2. The predicted octanol–water partition coefficient (Wildman–Crippen LogP) is 2.52. The molecule has 2 aromatic heterocycles. The van der Waals surface area contributed by atoms with Crippen LogP contribution in [0.2, 0.25) is 0 Å². The molecule has 0 atom stereocenters. The Morgan fingerprint density at radius 1 is 1.16 bits per heavy atom. The molecule has 0 saturated heterocycles. The zero-order chi connectivity index (χ0) is 14.0. The van der Waals surface area contributed by atoms with Crippen LogP contribution in [-0.2, 0) is 6.42 Å². The first-order chi connectivity index (χ1) is 9.00. The molecule has 4 nitrogen and oxygen atoms in total. The average molecular weight is 261 g/mol. The third kappa shape index (κ3) is 2.89. The Morgan fingerprint density at radius 3 is 2.47 bits per heavy atom. The van der Waals surface area contributed by atoms with E-state index in [1.165, 1.54) is 0 Å². The molecule has 4 heteroatoms. The van der Waals surface area contributed by atoms with Gasteiger partial charge in [0.25, 0.3) is 0 Å². The van der Waals surface area contributed by atoms with Crippen LogP contribution in [-0.4, -0.2) is 33.5 Å². The highest BCUT2D eigenvalue weighted by molar-refractivity contribution is 5.79. The number of nitrogens with one attached hydrogen (secondary N) is 2. The maximum Gasteiger partial charge on any atom is 0.191 e. The number of hydrogen-bond donors (Lipinski definition) is 2. The van der Waals surface area contributed by atoms with E-state index in [4.69, 9.17) is 0 Å². The van der Waals surface area contributed by atoms with Crippen LogP contribution in [0.25, 0.3) is 11.0 Å². The lowest BCUT2D eigenvalue weighted by Gasteiger charge is -2.30. The molecule has 0 aliphatic carbocycles. The molecule has 104 valence electrons. The third-order valence-corrected chi connectivity index (χ3v) is 3.64. The van der Waals surface area contributed by atoms with Crippen molar-refractivity contribution >= 4 is 11.0 Å². The fraction of sp³-hybridized carbons (Fsp3) is 0.533. The summed E-state index contributed by atoms with van der Waals surface area (Å²) < 4.78 is 0. The van der Waals surface area contributed by atoms with Gasteiger partial charge in [0.1, 0.15) is 5.65 Å². The molecule has 0 bridgehead atoms. The number of nitrogens with zero attached hydrogens (tertiary/aromatic N) is 1. The molecule has 0 fully saturated rings. The summed E-state index contributed by atoms with van der Waals surface area (Å²) >= 11 is 0. The molecule has 0 aromatic carbocycles. The minimum absolute atomic E-state index is 0.0886. The van der Waals surface area contributed by atoms with Crippen LogP contribution in [0.15, 0.2) is 23.3 Å². The molecule has 0 spiro atoms. The van der Waals surface area contributed by atoms with Gasteiger partial charge in [0, 0.05) is 37.1 Å². The van der Waals surface area contributed by atoms with Crippen LogP contribution in [0.3, 0.4) is 0 Å². The molecule has 2 rings (SSSR count). The van der Waals surface area contributed by atoms with Gasteiger partial charge in [-0.05, 0) is 39.7 Å². The first-order valence-corrected chi connectivity index (χ1v) is 6.94. The standard InChI is InChI=1S/C15H23N3O/c1-10(2)18(11(3)4)8-6-12-9-17-15-14(12)13(19)5-7-16-15/h5,7,9-11H,6,8H2,1-4H3,(H2,16,17,19). The van der Waals surface area contributed by atoms with E-state index >= 15 is 0 Å². The van der Waals surface area contributed by atoms with Gasteiger partial charge in [-0.15, -0.1) is 0 Å². The highest BCUT2D eigenvalue weighted by Gasteiger charge is 2.14. The van der Waals surface area contributed by atoms with Gasteiger partial charge in [-0.1, -0.05) is 0 Å². The summed E-state index contributed by atoms with van der Waals surface area (Å²) in [5.41, 5.74) is 2.01. The number of H-pyrrole nitrogens is 2. The van der Waals surface area contributed by atoms with Gasteiger partial charge in [0.15, 0.2) is 5.43 Å². The summed E-state index contributed by atoms with van der Waals surface area (Å²) in [5, 5.41) is 0.801. The van der Waals surface area contributed by atoms with E-state index < -0.39 is 0 Å². The average Bonchev–Trinajstić information content (AvgIpc) is 2.73. The summed E-state index contributed by atoms with van der Waals surface area (Å²) in [6.45, 7) is 9.81. The monoisotopic (exact) mass is 261 g/mol. The van der Waals surface area contributed by atoms with Gasteiger partial charge in [-0.2, -0.15) is 0 Å². The molecule has 0 radical (unpaired) electrons. The second kappa shape index (κ2) is 5.61. The van der Waals surface area contributed by atoms with Crippen molar-refractivity contribution in [2.24, 2.45) is 0 Å². The summed E-state index contributed by atoms with van der Waals surface area (Å²) in [6.07, 6.45) is 4.52. The SMILES string of the molecule is CC(C)N(CCc1c[nH]c2[nH]ccc(=O)c12)C(C)C. The number of pyridine rings is 1. The van der Waals surface area contributed by atoms with E-state index in [1.54, 1.807) is 12.3 Å². The minimum atomic E-state index is 0.0886. The summed E-state index contributed by atoms with van der Waals surface area (Å²) in [7, 11) is 0. The lowest BCUT2D eigenvalue weighted by Crippen LogP contribution is -2.38. The van der Waals surface area contributed by atoms with Crippen LogP contribution >= 0.6 is 0 Å². The Bertz CT molecular complexity index is 587. The van der Waals surface area contributed by atoms with Gasteiger partial charge < -0.3 is 9.97 Å². The van der Waals surface area contributed by atoms with Crippen molar-refractivity contribution in [3.63, 3.8) is 0 Å². The molecule has 19 heavy (non-hydrogen) atoms. The third-order valence-electron chi connectivity index (χ3n) is 3.64. The molecule has 0 unspecified atom stereocenters. The number of rotatable bonds is 5.